The number of aliphatic hydroxyl groups is 2. The summed E-state index contributed by atoms with van der Waals surface area (Å²) in [6.07, 6.45) is 5.30. The second-order valence-electron chi connectivity index (χ2n) is 8.06. The van der Waals surface area contributed by atoms with Crippen molar-refractivity contribution in [2.75, 3.05) is 6.61 Å². The molecule has 1 heterocycles. The number of hydrogen-bond acceptors (Lipinski definition) is 4. The van der Waals surface area contributed by atoms with Crippen molar-refractivity contribution in [3.05, 3.63) is 76.6 Å². The fraction of sp³-hybridized carbons (Fsp3) is 0.417. The second kappa shape index (κ2) is 11.6. The van der Waals surface area contributed by atoms with Gasteiger partial charge in [-0.3, -0.25) is 9.78 Å². The van der Waals surface area contributed by atoms with Gasteiger partial charge in [0.25, 0.3) is 0 Å². The van der Waals surface area contributed by atoms with Crippen LogP contribution in [0.3, 0.4) is 0 Å². The van der Waals surface area contributed by atoms with Gasteiger partial charge in [-0.2, -0.15) is 0 Å². The molecule has 0 saturated heterocycles. The molecular weight excluding hydrogens is 435 g/mol. The van der Waals surface area contributed by atoms with E-state index in [4.69, 9.17) is 23.2 Å². The van der Waals surface area contributed by atoms with Crippen molar-refractivity contribution in [2.45, 2.75) is 51.2 Å². The fourth-order valence-corrected chi connectivity index (χ4v) is 3.95. The van der Waals surface area contributed by atoms with E-state index >= 15 is 0 Å². The minimum absolute atomic E-state index is 0.137. The Morgan fingerprint density at radius 3 is 2.45 bits per heavy atom. The molecule has 1 unspecified atom stereocenters. The van der Waals surface area contributed by atoms with E-state index in [9.17, 15) is 15.0 Å². The highest BCUT2D eigenvalue weighted by Gasteiger charge is 2.38. The first-order valence-electron chi connectivity index (χ1n) is 10.3. The molecular formula is C24H30Cl2N2O3. The van der Waals surface area contributed by atoms with Crippen molar-refractivity contribution in [3.63, 3.8) is 0 Å². The van der Waals surface area contributed by atoms with Crippen LogP contribution >= 0.6 is 23.2 Å². The van der Waals surface area contributed by atoms with Gasteiger partial charge in [-0.15, -0.1) is 6.58 Å². The number of benzene rings is 1. The Morgan fingerprint density at radius 2 is 1.90 bits per heavy atom. The lowest BCUT2D eigenvalue weighted by Crippen LogP contribution is -2.46. The minimum Gasteiger partial charge on any atom is -0.394 e. The van der Waals surface area contributed by atoms with Gasteiger partial charge in [-0.1, -0.05) is 55.3 Å². The second-order valence-corrected chi connectivity index (χ2v) is 8.93. The summed E-state index contributed by atoms with van der Waals surface area (Å²) in [5.41, 5.74) is 0.537. The van der Waals surface area contributed by atoms with Gasteiger partial charge in [-0.25, -0.2) is 0 Å². The van der Waals surface area contributed by atoms with Crippen molar-refractivity contribution in [2.24, 2.45) is 5.41 Å². The van der Waals surface area contributed by atoms with Crippen molar-refractivity contribution in [3.8, 4) is 0 Å². The standard InChI is InChI=1S/C24H30Cl2N2O3/c1-4-10-24(3,23(31)28-20(5-2)15-29)12-21(17-11-19(26)14-27-13-17)22(30)16-6-8-18(25)9-7-16/h4,6-9,11,13-14,20-22,29-30H,1,5,10,12,15H2,2-3H3,(H,28,31)/t20-,21-,22+,24?/m0/s1. The van der Waals surface area contributed by atoms with E-state index in [0.717, 1.165) is 5.56 Å². The van der Waals surface area contributed by atoms with Crippen LogP contribution in [-0.2, 0) is 4.79 Å². The van der Waals surface area contributed by atoms with Crippen molar-refractivity contribution >= 4 is 29.1 Å². The molecule has 2 rings (SSSR count). The number of rotatable bonds is 11. The zero-order chi connectivity index (χ0) is 23.0. The van der Waals surface area contributed by atoms with Crippen LogP contribution in [0.4, 0.5) is 0 Å². The average molecular weight is 465 g/mol. The smallest absolute Gasteiger partial charge is 0.226 e. The minimum atomic E-state index is -0.908. The number of hydrogen-bond donors (Lipinski definition) is 3. The maximum absolute atomic E-state index is 13.2. The zero-order valence-electron chi connectivity index (χ0n) is 17.9. The maximum Gasteiger partial charge on any atom is 0.226 e. The Morgan fingerprint density at radius 1 is 1.23 bits per heavy atom. The summed E-state index contributed by atoms with van der Waals surface area (Å²) in [4.78, 5) is 17.4. The van der Waals surface area contributed by atoms with Gasteiger partial charge in [0.1, 0.15) is 0 Å². The third-order valence-corrected chi connectivity index (χ3v) is 6.07. The van der Waals surface area contributed by atoms with Crippen molar-refractivity contribution < 1.29 is 15.0 Å². The normalized spacial score (nSPS) is 16.1. The number of carbonyl (C=O) groups excluding carboxylic acids is 1. The van der Waals surface area contributed by atoms with Gasteiger partial charge in [-0.05, 0) is 48.6 Å². The van der Waals surface area contributed by atoms with Gasteiger partial charge < -0.3 is 15.5 Å². The van der Waals surface area contributed by atoms with Crippen LogP contribution in [0.2, 0.25) is 10.0 Å². The zero-order valence-corrected chi connectivity index (χ0v) is 19.4. The van der Waals surface area contributed by atoms with Crippen LogP contribution in [0, 0.1) is 5.41 Å². The highest BCUT2D eigenvalue weighted by Crippen LogP contribution is 2.42. The topological polar surface area (TPSA) is 82.5 Å². The van der Waals surface area contributed by atoms with E-state index < -0.39 is 17.4 Å². The lowest BCUT2D eigenvalue weighted by molar-refractivity contribution is -0.132. The molecule has 1 aromatic heterocycles. The molecule has 0 spiro atoms. The third kappa shape index (κ3) is 6.78. The van der Waals surface area contributed by atoms with E-state index in [1.807, 2.05) is 13.8 Å². The number of allylic oxidation sites excluding steroid dienone is 1. The molecule has 4 atom stereocenters. The molecule has 0 aliphatic heterocycles. The number of aromatic nitrogens is 1. The molecule has 0 fully saturated rings. The summed E-state index contributed by atoms with van der Waals surface area (Å²) in [7, 11) is 0. The van der Waals surface area contributed by atoms with E-state index in [2.05, 4.69) is 16.9 Å². The Kier molecular flexibility index (Phi) is 9.51. The lowest BCUT2D eigenvalue weighted by atomic mass is 9.73. The summed E-state index contributed by atoms with van der Waals surface area (Å²) in [6.45, 7) is 7.42. The molecule has 1 amide bonds. The number of carbonyl (C=O) groups is 1. The predicted octanol–water partition coefficient (Wildman–Crippen LogP) is 5.07. The Bertz CT molecular complexity index is 871. The van der Waals surface area contributed by atoms with Crippen LogP contribution < -0.4 is 5.32 Å². The van der Waals surface area contributed by atoms with Crippen LogP contribution in [0.1, 0.15) is 56.3 Å². The maximum atomic E-state index is 13.2. The number of nitrogens with one attached hydrogen (secondary N) is 1. The molecule has 168 valence electrons. The highest BCUT2D eigenvalue weighted by molar-refractivity contribution is 6.30. The molecule has 0 aliphatic carbocycles. The largest absolute Gasteiger partial charge is 0.394 e. The third-order valence-electron chi connectivity index (χ3n) is 5.61. The first-order valence-corrected chi connectivity index (χ1v) is 11.1. The Hall–Kier alpha value is -1.92. The SMILES string of the molecule is C=CCC(C)(C[C@@H](c1cncc(Cl)c1)[C@H](O)c1ccc(Cl)cc1)C(=O)N[C@@H](CC)CO. The quantitative estimate of drug-likeness (QED) is 0.405. The van der Waals surface area contributed by atoms with Gasteiger partial charge in [0, 0.05) is 23.3 Å². The van der Waals surface area contributed by atoms with E-state index in [-0.39, 0.29) is 18.6 Å². The molecule has 0 bridgehead atoms. The molecule has 1 aromatic carbocycles. The molecule has 7 heteroatoms. The van der Waals surface area contributed by atoms with Gasteiger partial charge in [0.2, 0.25) is 5.91 Å². The summed E-state index contributed by atoms with van der Waals surface area (Å²) < 4.78 is 0. The lowest BCUT2D eigenvalue weighted by Gasteiger charge is -2.35. The van der Waals surface area contributed by atoms with E-state index in [0.29, 0.717) is 34.9 Å². The summed E-state index contributed by atoms with van der Waals surface area (Å²) in [5, 5.41) is 24.7. The summed E-state index contributed by atoms with van der Waals surface area (Å²) >= 11 is 12.2. The molecule has 0 aliphatic rings. The van der Waals surface area contributed by atoms with E-state index in [1.165, 1.54) is 6.20 Å². The first kappa shape index (κ1) is 25.3. The molecule has 5 nitrogen and oxygen atoms in total. The average Bonchev–Trinajstić information content (AvgIpc) is 2.76. The van der Waals surface area contributed by atoms with Gasteiger partial charge >= 0.3 is 0 Å². The number of aliphatic hydroxyl groups excluding tert-OH is 2. The summed E-state index contributed by atoms with van der Waals surface area (Å²) in [6, 6.07) is 8.40. The molecule has 3 N–H and O–H groups in total. The Balaban J connectivity index is 2.44. The molecule has 0 saturated carbocycles. The summed E-state index contributed by atoms with van der Waals surface area (Å²) in [5.74, 6) is -0.658. The highest BCUT2D eigenvalue weighted by atomic mass is 35.5. The predicted molar refractivity (Wildman–Crippen MR) is 125 cm³/mol. The van der Waals surface area contributed by atoms with Crippen LogP contribution in [0.5, 0.6) is 0 Å². The molecule has 0 radical (unpaired) electrons. The fourth-order valence-electron chi connectivity index (χ4n) is 3.64. The first-order chi connectivity index (χ1) is 14.7. The molecule has 31 heavy (non-hydrogen) atoms. The Labute approximate surface area is 194 Å². The van der Waals surface area contributed by atoms with Crippen molar-refractivity contribution in [1.29, 1.82) is 0 Å². The van der Waals surface area contributed by atoms with Gasteiger partial charge in [0.15, 0.2) is 0 Å². The van der Waals surface area contributed by atoms with Gasteiger partial charge in [0.05, 0.1) is 29.2 Å². The van der Waals surface area contributed by atoms with Crippen LogP contribution in [0.25, 0.3) is 0 Å². The van der Waals surface area contributed by atoms with Crippen LogP contribution in [-0.4, -0.2) is 33.8 Å². The van der Waals surface area contributed by atoms with Crippen molar-refractivity contribution in [1.82, 2.24) is 10.3 Å². The number of halogens is 2. The molecule has 2 aromatic rings. The number of pyridine rings is 1. The van der Waals surface area contributed by atoms with Crippen LogP contribution in [0.15, 0.2) is 55.4 Å². The number of amides is 1. The number of nitrogens with zero attached hydrogens (tertiary/aromatic N) is 1. The monoisotopic (exact) mass is 464 g/mol. The van der Waals surface area contributed by atoms with E-state index in [1.54, 1.807) is 42.6 Å².